The lowest BCUT2D eigenvalue weighted by Crippen LogP contribution is -2.75. The van der Waals surface area contributed by atoms with Gasteiger partial charge in [0.1, 0.15) is 18.0 Å². The van der Waals surface area contributed by atoms with Crippen LogP contribution in [0.3, 0.4) is 0 Å². The van der Waals surface area contributed by atoms with Crippen LogP contribution in [0.1, 0.15) is 23.1 Å². The summed E-state index contributed by atoms with van der Waals surface area (Å²) < 4.78 is 6.58. The topological polar surface area (TPSA) is 110 Å². The van der Waals surface area contributed by atoms with E-state index < -0.39 is 12.2 Å². The first kappa shape index (κ1) is 32.8. The van der Waals surface area contributed by atoms with Crippen LogP contribution in [-0.4, -0.2) is 106 Å². The molecule has 12 heteroatoms. The van der Waals surface area contributed by atoms with Crippen molar-refractivity contribution in [3.05, 3.63) is 102 Å². The van der Waals surface area contributed by atoms with Gasteiger partial charge in [-0.3, -0.25) is 14.4 Å². The minimum Gasteiger partial charge on any atom is -0.508 e. The molecule has 49 heavy (non-hydrogen) atoms. The van der Waals surface area contributed by atoms with Gasteiger partial charge in [0.25, 0.3) is 0 Å². The Balaban J connectivity index is 1.23. The van der Waals surface area contributed by atoms with E-state index >= 15 is 0 Å². The van der Waals surface area contributed by atoms with Crippen LogP contribution < -0.4 is 4.90 Å². The summed E-state index contributed by atoms with van der Waals surface area (Å²) >= 11 is 1.63. The van der Waals surface area contributed by atoms with E-state index in [-0.39, 0.29) is 55.9 Å². The van der Waals surface area contributed by atoms with Gasteiger partial charge < -0.3 is 24.5 Å². The fraction of sp³-hybridized carbons (Fsp3) is 0.351. The van der Waals surface area contributed by atoms with Gasteiger partial charge in [-0.25, -0.2) is 15.0 Å². The van der Waals surface area contributed by atoms with Crippen LogP contribution in [0.15, 0.2) is 85.5 Å². The molecule has 3 aliphatic rings. The molecule has 3 amide bonds. The van der Waals surface area contributed by atoms with Crippen LogP contribution in [-0.2, 0) is 38.5 Å². The van der Waals surface area contributed by atoms with Crippen LogP contribution >= 0.6 is 11.3 Å². The van der Waals surface area contributed by atoms with Crippen molar-refractivity contribution in [2.24, 2.45) is 0 Å². The zero-order valence-corrected chi connectivity index (χ0v) is 28.1. The standard InChI is InChI=1S/C37H40N6O5S/c1-2-17-41-25-34(46)42-30(22-27-11-14-29(44)15-12-27)36(47)40(24-32(42)43(41)33(45)16-13-26-7-4-3-5-8-26)23-28-9-6-10-31-35(28)38-37(49-31)39-18-20-48-21-19-39/h2-12,14-15,30,32,44H,1,13,16-25H2/t30-,32-/m0/s1. The van der Waals surface area contributed by atoms with Crippen molar-refractivity contribution >= 4 is 44.4 Å². The second kappa shape index (κ2) is 14.4. The highest BCUT2D eigenvalue weighted by Gasteiger charge is 2.51. The number of fused-ring (bicyclic) bond motifs is 2. The van der Waals surface area contributed by atoms with Gasteiger partial charge in [-0.05, 0) is 41.3 Å². The number of morpholine rings is 1. The van der Waals surface area contributed by atoms with Gasteiger partial charge in [0, 0.05) is 39.0 Å². The number of phenolic OH excluding ortho intramolecular Hbond substituents is 1. The number of phenols is 1. The number of rotatable bonds is 10. The first-order chi connectivity index (χ1) is 23.9. The summed E-state index contributed by atoms with van der Waals surface area (Å²) in [5, 5.41) is 14.3. The maximum Gasteiger partial charge on any atom is 0.246 e. The number of hydrogen-bond acceptors (Lipinski definition) is 9. The molecule has 0 radical (unpaired) electrons. The normalized spacial score (nSPS) is 20.2. The third kappa shape index (κ3) is 6.89. The number of carbonyl (C=O) groups is 3. The fourth-order valence-corrected chi connectivity index (χ4v) is 8.05. The average molecular weight is 681 g/mol. The molecule has 254 valence electrons. The van der Waals surface area contributed by atoms with Crippen LogP contribution in [0.2, 0.25) is 0 Å². The number of carbonyl (C=O) groups excluding carboxylic acids is 3. The molecule has 3 saturated heterocycles. The third-order valence-corrected chi connectivity index (χ3v) is 10.5. The van der Waals surface area contributed by atoms with Crippen molar-refractivity contribution in [3.63, 3.8) is 0 Å². The summed E-state index contributed by atoms with van der Waals surface area (Å²) in [6.07, 6.45) is 2.02. The third-order valence-electron chi connectivity index (χ3n) is 9.40. The van der Waals surface area contributed by atoms with Gasteiger partial charge in [-0.15, -0.1) is 6.58 Å². The van der Waals surface area contributed by atoms with Gasteiger partial charge in [0.2, 0.25) is 17.7 Å². The summed E-state index contributed by atoms with van der Waals surface area (Å²) in [5.74, 6) is -0.405. The second-order valence-electron chi connectivity index (χ2n) is 12.6. The van der Waals surface area contributed by atoms with E-state index in [2.05, 4.69) is 11.5 Å². The molecule has 3 fully saturated rings. The van der Waals surface area contributed by atoms with Crippen molar-refractivity contribution in [1.82, 2.24) is 24.8 Å². The Morgan fingerprint density at radius 3 is 2.53 bits per heavy atom. The number of piperazine rings is 1. The minimum atomic E-state index is -0.843. The highest BCUT2D eigenvalue weighted by Crippen LogP contribution is 2.34. The Labute approximate surface area is 289 Å². The number of para-hydroxylation sites is 1. The van der Waals surface area contributed by atoms with E-state index in [0.29, 0.717) is 26.2 Å². The number of aromatic nitrogens is 1. The zero-order valence-electron chi connectivity index (χ0n) is 27.3. The lowest BCUT2D eigenvalue weighted by molar-refractivity contribution is -0.205. The van der Waals surface area contributed by atoms with E-state index in [9.17, 15) is 19.5 Å². The molecule has 0 bridgehead atoms. The number of amides is 3. The highest BCUT2D eigenvalue weighted by atomic mass is 32.1. The molecular weight excluding hydrogens is 641 g/mol. The lowest BCUT2D eigenvalue weighted by Gasteiger charge is -2.55. The highest BCUT2D eigenvalue weighted by molar-refractivity contribution is 7.22. The molecule has 3 aromatic carbocycles. The number of ether oxygens (including phenoxy) is 1. The summed E-state index contributed by atoms with van der Waals surface area (Å²) in [6.45, 7) is 7.47. The van der Waals surface area contributed by atoms with E-state index in [1.165, 1.54) is 0 Å². The van der Waals surface area contributed by atoms with Crippen molar-refractivity contribution in [3.8, 4) is 5.75 Å². The molecule has 1 N–H and O–H groups in total. The predicted molar refractivity (Wildman–Crippen MR) is 188 cm³/mol. The maximum atomic E-state index is 14.5. The molecular formula is C37H40N6O5S. The van der Waals surface area contributed by atoms with E-state index in [1.807, 2.05) is 48.5 Å². The largest absolute Gasteiger partial charge is 0.508 e. The van der Waals surface area contributed by atoms with Crippen molar-refractivity contribution in [2.45, 2.75) is 38.0 Å². The van der Waals surface area contributed by atoms with E-state index in [4.69, 9.17) is 9.72 Å². The van der Waals surface area contributed by atoms with Crippen LogP contribution in [0, 0.1) is 0 Å². The molecule has 2 atom stereocenters. The molecule has 4 aromatic rings. The SMILES string of the molecule is C=CCN1CC(=O)N2[C@@H](Cc3ccc(O)cc3)C(=O)N(Cc3cccc4sc(N5CCOCC5)nc34)C[C@@H]2N1C(=O)CCc1ccccc1. The molecule has 0 saturated carbocycles. The van der Waals surface area contributed by atoms with E-state index in [1.54, 1.807) is 61.5 Å². The lowest BCUT2D eigenvalue weighted by atomic mass is 9.98. The summed E-state index contributed by atoms with van der Waals surface area (Å²) in [6, 6.07) is 21.7. The van der Waals surface area contributed by atoms with Crippen molar-refractivity contribution in [1.29, 1.82) is 0 Å². The minimum absolute atomic E-state index is 0.0403. The molecule has 1 aromatic heterocycles. The summed E-state index contributed by atoms with van der Waals surface area (Å²) in [7, 11) is 0. The summed E-state index contributed by atoms with van der Waals surface area (Å²) in [5.41, 5.74) is 3.61. The smallest absolute Gasteiger partial charge is 0.246 e. The number of hydrazine groups is 1. The quantitative estimate of drug-likeness (QED) is 0.252. The number of hydrogen-bond donors (Lipinski definition) is 1. The monoisotopic (exact) mass is 680 g/mol. The van der Waals surface area contributed by atoms with Gasteiger partial charge >= 0.3 is 0 Å². The fourth-order valence-electron chi connectivity index (χ4n) is 6.99. The number of aryl methyl sites for hydroxylation is 1. The molecule has 0 aliphatic carbocycles. The Kier molecular flexibility index (Phi) is 9.61. The second-order valence-corrected chi connectivity index (χ2v) is 13.6. The number of thiazole rings is 1. The van der Waals surface area contributed by atoms with Crippen molar-refractivity contribution < 1.29 is 24.2 Å². The molecule has 0 unspecified atom stereocenters. The number of aromatic hydroxyl groups is 1. The van der Waals surface area contributed by atoms with Gasteiger partial charge in [0.15, 0.2) is 5.13 Å². The zero-order chi connectivity index (χ0) is 33.9. The number of nitrogens with zero attached hydrogens (tertiary/aromatic N) is 6. The molecule has 4 heterocycles. The Bertz CT molecular complexity index is 1830. The Morgan fingerprint density at radius 1 is 1.00 bits per heavy atom. The van der Waals surface area contributed by atoms with Crippen LogP contribution in [0.25, 0.3) is 10.2 Å². The van der Waals surface area contributed by atoms with Gasteiger partial charge in [-0.1, -0.05) is 72.0 Å². The van der Waals surface area contributed by atoms with Crippen LogP contribution in [0.5, 0.6) is 5.75 Å². The molecule has 11 nitrogen and oxygen atoms in total. The van der Waals surface area contributed by atoms with Crippen molar-refractivity contribution in [2.75, 3.05) is 50.8 Å². The Hall–Kier alpha value is -4.78. The predicted octanol–water partition coefficient (Wildman–Crippen LogP) is 3.82. The Morgan fingerprint density at radius 2 is 1.78 bits per heavy atom. The molecule has 0 spiro atoms. The number of anilines is 1. The van der Waals surface area contributed by atoms with E-state index in [0.717, 1.165) is 45.1 Å². The maximum absolute atomic E-state index is 14.5. The average Bonchev–Trinajstić information content (AvgIpc) is 3.57. The van der Waals surface area contributed by atoms with Gasteiger partial charge in [-0.2, -0.15) is 0 Å². The summed E-state index contributed by atoms with van der Waals surface area (Å²) in [4.78, 5) is 53.2. The molecule has 7 rings (SSSR count). The molecule has 3 aliphatic heterocycles. The first-order valence-electron chi connectivity index (χ1n) is 16.7. The van der Waals surface area contributed by atoms with Gasteiger partial charge in [0.05, 0.1) is 36.5 Å². The van der Waals surface area contributed by atoms with Crippen LogP contribution in [0.4, 0.5) is 5.13 Å². The number of benzene rings is 3. The first-order valence-corrected chi connectivity index (χ1v) is 17.5.